The largest absolute Gasteiger partial charge is 0.507 e. The minimum absolute atomic E-state index is 0.107. The van der Waals surface area contributed by atoms with Gasteiger partial charge in [-0.3, -0.25) is 14.5 Å². The van der Waals surface area contributed by atoms with E-state index in [0.717, 1.165) is 4.47 Å². The number of benzene rings is 2. The third-order valence-electron chi connectivity index (χ3n) is 5.23. The number of carbonyl (C=O) groups excluding carboxylic acids is 2. The maximum Gasteiger partial charge on any atom is 0.301 e. The monoisotopic (exact) mass is 498 g/mol. The van der Waals surface area contributed by atoms with Crippen molar-refractivity contribution >= 4 is 39.2 Å². The van der Waals surface area contributed by atoms with E-state index in [2.05, 4.69) is 21.1 Å². The number of anilines is 1. The van der Waals surface area contributed by atoms with Crippen LogP contribution < -0.4 is 4.90 Å². The average Bonchev–Trinajstić information content (AvgIpc) is 3.32. The first-order valence-electron chi connectivity index (χ1n) is 9.87. The topological polar surface area (TPSA) is 83.6 Å². The maximum absolute atomic E-state index is 13.6. The predicted octanol–water partition coefficient (Wildman–Crippen LogP) is 5.50. The van der Waals surface area contributed by atoms with E-state index >= 15 is 0 Å². The molecule has 1 fully saturated rings. The third-order valence-corrected chi connectivity index (χ3v) is 5.76. The molecule has 2 aromatic carbocycles. The van der Waals surface area contributed by atoms with Gasteiger partial charge in [-0.25, -0.2) is 4.39 Å². The van der Waals surface area contributed by atoms with Gasteiger partial charge in [-0.2, -0.15) is 0 Å². The number of hydrogen-bond acceptors (Lipinski definition) is 5. The van der Waals surface area contributed by atoms with Gasteiger partial charge in [-0.05, 0) is 29.8 Å². The summed E-state index contributed by atoms with van der Waals surface area (Å²) in [5.41, 5.74) is 0.337. The van der Waals surface area contributed by atoms with Gasteiger partial charge in [0, 0.05) is 21.5 Å². The van der Waals surface area contributed by atoms with Crippen molar-refractivity contribution in [1.82, 2.24) is 5.16 Å². The molecule has 0 spiro atoms. The van der Waals surface area contributed by atoms with Crippen LogP contribution >= 0.6 is 15.9 Å². The Balaban J connectivity index is 1.91. The fourth-order valence-electron chi connectivity index (χ4n) is 3.53. The number of nitrogens with zero attached hydrogens (tertiary/aromatic N) is 2. The summed E-state index contributed by atoms with van der Waals surface area (Å²) >= 11 is 3.33. The molecule has 1 aliphatic rings. The Morgan fingerprint density at radius 3 is 2.28 bits per heavy atom. The van der Waals surface area contributed by atoms with Gasteiger partial charge in [-0.1, -0.05) is 66.1 Å². The minimum Gasteiger partial charge on any atom is -0.507 e. The Bertz CT molecular complexity index is 1220. The van der Waals surface area contributed by atoms with Gasteiger partial charge in [0.1, 0.15) is 17.3 Å². The standard InChI is InChI=1S/C24H20BrFN2O4/c1-24(2,3)17-12-18(27-32-17)28-20(13-6-10-16(26)11-7-13)19(22(30)23(28)31)21(29)14-4-8-15(25)9-5-14/h4-12,20,29H,1-3H3/b21-19+/t20-/m0/s1. The second-order valence-electron chi connectivity index (χ2n) is 8.53. The van der Waals surface area contributed by atoms with E-state index in [0.29, 0.717) is 16.9 Å². The zero-order valence-electron chi connectivity index (χ0n) is 17.6. The second kappa shape index (κ2) is 8.02. The van der Waals surface area contributed by atoms with Crippen molar-refractivity contribution in [1.29, 1.82) is 0 Å². The van der Waals surface area contributed by atoms with Crippen LogP contribution in [-0.2, 0) is 15.0 Å². The molecule has 0 saturated carbocycles. The van der Waals surface area contributed by atoms with Crippen molar-refractivity contribution in [3.63, 3.8) is 0 Å². The highest BCUT2D eigenvalue weighted by molar-refractivity contribution is 9.10. The molecule has 3 aromatic rings. The molecule has 2 heterocycles. The maximum atomic E-state index is 13.6. The lowest BCUT2D eigenvalue weighted by Crippen LogP contribution is -2.29. The Morgan fingerprint density at radius 2 is 1.72 bits per heavy atom. The number of aromatic nitrogens is 1. The molecular formula is C24H20BrFN2O4. The molecule has 4 rings (SSSR count). The van der Waals surface area contributed by atoms with Crippen molar-refractivity contribution in [2.75, 3.05) is 4.90 Å². The van der Waals surface area contributed by atoms with Crippen molar-refractivity contribution in [2.24, 2.45) is 0 Å². The van der Waals surface area contributed by atoms with E-state index in [4.69, 9.17) is 4.52 Å². The van der Waals surface area contributed by atoms with E-state index in [9.17, 15) is 19.1 Å². The highest BCUT2D eigenvalue weighted by Gasteiger charge is 2.48. The normalized spacial score (nSPS) is 18.4. The van der Waals surface area contributed by atoms with Gasteiger partial charge in [0.15, 0.2) is 5.82 Å². The van der Waals surface area contributed by atoms with Crippen LogP contribution in [0.3, 0.4) is 0 Å². The first kappa shape index (κ1) is 22.0. The zero-order chi connectivity index (χ0) is 23.2. The van der Waals surface area contributed by atoms with Crippen molar-refractivity contribution in [2.45, 2.75) is 32.2 Å². The molecule has 164 valence electrons. The van der Waals surface area contributed by atoms with Crippen LogP contribution in [0.2, 0.25) is 0 Å². The SMILES string of the molecule is CC(C)(C)c1cc(N2C(=O)C(=O)/C(=C(/O)c3ccc(Br)cc3)[C@@H]2c2ccc(F)cc2)no1. The van der Waals surface area contributed by atoms with Crippen LogP contribution in [0, 0.1) is 5.82 Å². The Morgan fingerprint density at radius 1 is 1.09 bits per heavy atom. The molecule has 6 nitrogen and oxygen atoms in total. The number of Topliss-reactive ketones (excluding diaryl/α,β-unsaturated/α-hetero) is 1. The van der Waals surface area contributed by atoms with Crippen LogP contribution in [0.4, 0.5) is 10.2 Å². The van der Waals surface area contributed by atoms with E-state index < -0.39 is 23.5 Å². The number of carbonyl (C=O) groups is 2. The van der Waals surface area contributed by atoms with Gasteiger partial charge >= 0.3 is 5.91 Å². The van der Waals surface area contributed by atoms with Gasteiger partial charge < -0.3 is 9.63 Å². The molecule has 8 heteroatoms. The number of halogens is 2. The van der Waals surface area contributed by atoms with E-state index in [1.807, 2.05) is 20.8 Å². The van der Waals surface area contributed by atoms with Gasteiger partial charge in [0.2, 0.25) is 0 Å². The molecule has 0 unspecified atom stereocenters. The third kappa shape index (κ3) is 3.86. The molecule has 0 aliphatic carbocycles. The summed E-state index contributed by atoms with van der Waals surface area (Å²) in [5, 5.41) is 15.0. The number of rotatable bonds is 3. The quantitative estimate of drug-likeness (QED) is 0.292. The van der Waals surface area contributed by atoms with Crippen LogP contribution in [0.25, 0.3) is 5.76 Å². The smallest absolute Gasteiger partial charge is 0.301 e. The van der Waals surface area contributed by atoms with Crippen LogP contribution in [0.1, 0.15) is 43.7 Å². The Kier molecular flexibility index (Phi) is 5.50. The van der Waals surface area contributed by atoms with Crippen molar-refractivity contribution in [3.05, 3.63) is 87.3 Å². The highest BCUT2D eigenvalue weighted by Crippen LogP contribution is 2.42. The number of aliphatic hydroxyl groups is 1. The first-order valence-corrected chi connectivity index (χ1v) is 10.7. The van der Waals surface area contributed by atoms with Crippen molar-refractivity contribution in [3.8, 4) is 0 Å². The number of ketones is 1. The number of hydrogen-bond donors (Lipinski definition) is 1. The molecule has 1 aliphatic heterocycles. The molecular weight excluding hydrogens is 479 g/mol. The molecule has 1 aromatic heterocycles. The number of amides is 1. The summed E-state index contributed by atoms with van der Waals surface area (Å²) in [7, 11) is 0. The highest BCUT2D eigenvalue weighted by atomic mass is 79.9. The average molecular weight is 499 g/mol. The lowest BCUT2D eigenvalue weighted by molar-refractivity contribution is -0.132. The lowest BCUT2D eigenvalue weighted by Gasteiger charge is -2.23. The number of aliphatic hydroxyl groups excluding tert-OH is 1. The van der Waals surface area contributed by atoms with Gasteiger partial charge in [-0.15, -0.1) is 0 Å². The molecule has 1 saturated heterocycles. The second-order valence-corrected chi connectivity index (χ2v) is 9.44. The summed E-state index contributed by atoms with van der Waals surface area (Å²) in [6.07, 6.45) is 0. The molecule has 1 atom stereocenters. The Hall–Kier alpha value is -3.26. The fraction of sp³-hybridized carbons (Fsp3) is 0.208. The van der Waals surface area contributed by atoms with Crippen molar-refractivity contribution < 1.29 is 23.6 Å². The van der Waals surface area contributed by atoms with E-state index in [1.54, 1.807) is 30.3 Å². The molecule has 1 amide bonds. The van der Waals surface area contributed by atoms with Crippen LogP contribution in [0.5, 0.6) is 0 Å². The molecule has 32 heavy (non-hydrogen) atoms. The molecule has 1 N–H and O–H groups in total. The summed E-state index contributed by atoms with van der Waals surface area (Å²) in [6, 6.07) is 12.7. The summed E-state index contributed by atoms with van der Waals surface area (Å²) in [6.45, 7) is 5.78. The summed E-state index contributed by atoms with van der Waals surface area (Å²) < 4.78 is 19.8. The van der Waals surface area contributed by atoms with E-state index in [1.165, 1.54) is 29.2 Å². The zero-order valence-corrected chi connectivity index (χ0v) is 19.2. The fourth-order valence-corrected chi connectivity index (χ4v) is 3.79. The summed E-state index contributed by atoms with van der Waals surface area (Å²) in [4.78, 5) is 27.3. The minimum atomic E-state index is -1.00. The Labute approximate surface area is 192 Å². The van der Waals surface area contributed by atoms with Gasteiger partial charge in [0.25, 0.3) is 5.78 Å². The van der Waals surface area contributed by atoms with Crippen LogP contribution in [0.15, 0.2) is 69.2 Å². The lowest BCUT2D eigenvalue weighted by atomic mass is 9.93. The first-order chi connectivity index (χ1) is 15.1. The van der Waals surface area contributed by atoms with Crippen LogP contribution in [-0.4, -0.2) is 22.0 Å². The predicted molar refractivity (Wildman–Crippen MR) is 121 cm³/mol. The molecule has 0 bridgehead atoms. The summed E-state index contributed by atoms with van der Waals surface area (Å²) in [5.74, 6) is -1.84. The van der Waals surface area contributed by atoms with Gasteiger partial charge in [0.05, 0.1) is 11.6 Å². The molecule has 0 radical (unpaired) electrons. The van der Waals surface area contributed by atoms with E-state index in [-0.39, 0.29) is 22.6 Å².